The standard InChI is InChI=1S/C16H18N2O2/c17-13-1-5-15(6-2-13)20-16-7-3-14(4-8-16)18-9-11-19-12-10-18/h1-8H,9-12,17H2. The molecule has 4 heteroatoms. The molecule has 20 heavy (non-hydrogen) atoms. The summed E-state index contributed by atoms with van der Waals surface area (Å²) in [5, 5.41) is 0. The second kappa shape index (κ2) is 5.84. The lowest BCUT2D eigenvalue weighted by atomic mass is 10.2. The van der Waals surface area contributed by atoms with Gasteiger partial charge in [0.15, 0.2) is 0 Å². The highest BCUT2D eigenvalue weighted by Gasteiger charge is 2.10. The molecule has 0 aliphatic carbocycles. The molecule has 1 aliphatic rings. The Morgan fingerprint density at radius 1 is 0.850 bits per heavy atom. The van der Waals surface area contributed by atoms with Crippen LogP contribution in [0.25, 0.3) is 0 Å². The summed E-state index contributed by atoms with van der Waals surface area (Å²) in [6.45, 7) is 3.48. The molecule has 0 radical (unpaired) electrons. The number of hydrogen-bond acceptors (Lipinski definition) is 4. The van der Waals surface area contributed by atoms with Crippen LogP contribution in [0, 0.1) is 0 Å². The summed E-state index contributed by atoms with van der Waals surface area (Å²) in [6.07, 6.45) is 0. The van der Waals surface area contributed by atoms with Crippen LogP contribution in [0.4, 0.5) is 11.4 Å². The average Bonchev–Trinajstić information content (AvgIpc) is 2.51. The van der Waals surface area contributed by atoms with Crippen LogP contribution in [-0.2, 0) is 4.74 Å². The van der Waals surface area contributed by atoms with Crippen LogP contribution >= 0.6 is 0 Å². The summed E-state index contributed by atoms with van der Waals surface area (Å²) in [5.74, 6) is 1.62. The molecule has 104 valence electrons. The van der Waals surface area contributed by atoms with Crippen LogP contribution in [0.5, 0.6) is 11.5 Å². The minimum Gasteiger partial charge on any atom is -0.457 e. The summed E-state index contributed by atoms with van der Waals surface area (Å²) in [5.41, 5.74) is 7.59. The summed E-state index contributed by atoms with van der Waals surface area (Å²) in [4.78, 5) is 2.32. The molecule has 0 spiro atoms. The first kappa shape index (κ1) is 12.8. The van der Waals surface area contributed by atoms with Crippen molar-refractivity contribution in [1.82, 2.24) is 0 Å². The first-order valence-electron chi connectivity index (χ1n) is 6.77. The number of rotatable bonds is 3. The van der Waals surface area contributed by atoms with Crippen molar-refractivity contribution in [3.63, 3.8) is 0 Å². The van der Waals surface area contributed by atoms with Crippen molar-refractivity contribution >= 4 is 11.4 Å². The van der Waals surface area contributed by atoms with Crippen LogP contribution in [0.2, 0.25) is 0 Å². The van der Waals surface area contributed by atoms with Crippen molar-refractivity contribution in [2.45, 2.75) is 0 Å². The maximum Gasteiger partial charge on any atom is 0.127 e. The minimum absolute atomic E-state index is 0.736. The van der Waals surface area contributed by atoms with Crippen molar-refractivity contribution in [3.8, 4) is 11.5 Å². The highest BCUT2D eigenvalue weighted by molar-refractivity contribution is 5.50. The van der Waals surface area contributed by atoms with E-state index >= 15 is 0 Å². The monoisotopic (exact) mass is 270 g/mol. The van der Waals surface area contributed by atoms with Gasteiger partial charge in [-0.2, -0.15) is 0 Å². The van der Waals surface area contributed by atoms with E-state index in [2.05, 4.69) is 17.0 Å². The van der Waals surface area contributed by atoms with Crippen LogP contribution in [0.1, 0.15) is 0 Å². The molecule has 2 N–H and O–H groups in total. The maximum absolute atomic E-state index is 5.78. The highest BCUT2D eigenvalue weighted by Crippen LogP contribution is 2.25. The lowest BCUT2D eigenvalue weighted by Crippen LogP contribution is -2.36. The Balaban J connectivity index is 1.67. The van der Waals surface area contributed by atoms with Crippen molar-refractivity contribution in [2.75, 3.05) is 36.9 Å². The minimum atomic E-state index is 0.736. The Kier molecular flexibility index (Phi) is 3.74. The summed E-state index contributed by atoms with van der Waals surface area (Å²) < 4.78 is 11.1. The Morgan fingerprint density at radius 3 is 2.00 bits per heavy atom. The molecular formula is C16H18N2O2. The molecule has 1 fully saturated rings. The van der Waals surface area contributed by atoms with Crippen LogP contribution in [0.15, 0.2) is 48.5 Å². The third kappa shape index (κ3) is 3.03. The summed E-state index contributed by atoms with van der Waals surface area (Å²) in [7, 11) is 0. The fourth-order valence-electron chi connectivity index (χ4n) is 2.22. The van der Waals surface area contributed by atoms with E-state index in [9.17, 15) is 0 Å². The van der Waals surface area contributed by atoms with Crippen LogP contribution in [-0.4, -0.2) is 26.3 Å². The van der Waals surface area contributed by atoms with E-state index in [1.807, 2.05) is 36.4 Å². The van der Waals surface area contributed by atoms with Gasteiger partial charge in [0.1, 0.15) is 11.5 Å². The van der Waals surface area contributed by atoms with Gasteiger partial charge in [-0.1, -0.05) is 0 Å². The Morgan fingerprint density at radius 2 is 1.40 bits per heavy atom. The van der Waals surface area contributed by atoms with E-state index in [4.69, 9.17) is 15.2 Å². The van der Waals surface area contributed by atoms with Gasteiger partial charge in [0.2, 0.25) is 0 Å². The lowest BCUT2D eigenvalue weighted by Gasteiger charge is -2.28. The number of nitrogens with zero attached hydrogens (tertiary/aromatic N) is 1. The van der Waals surface area contributed by atoms with Gasteiger partial charge in [-0.05, 0) is 48.5 Å². The highest BCUT2D eigenvalue weighted by atomic mass is 16.5. The molecule has 0 aromatic heterocycles. The summed E-state index contributed by atoms with van der Waals surface area (Å²) in [6, 6.07) is 15.5. The van der Waals surface area contributed by atoms with Gasteiger partial charge < -0.3 is 20.1 Å². The smallest absolute Gasteiger partial charge is 0.127 e. The van der Waals surface area contributed by atoms with Gasteiger partial charge in [-0.15, -0.1) is 0 Å². The second-order valence-electron chi connectivity index (χ2n) is 4.76. The third-order valence-corrected chi connectivity index (χ3v) is 3.33. The predicted octanol–water partition coefficient (Wildman–Crippen LogP) is 2.90. The van der Waals surface area contributed by atoms with E-state index in [1.165, 1.54) is 5.69 Å². The van der Waals surface area contributed by atoms with Gasteiger partial charge in [0, 0.05) is 24.5 Å². The molecule has 4 nitrogen and oxygen atoms in total. The van der Waals surface area contributed by atoms with Gasteiger partial charge >= 0.3 is 0 Å². The van der Waals surface area contributed by atoms with E-state index in [1.54, 1.807) is 0 Å². The van der Waals surface area contributed by atoms with E-state index in [0.29, 0.717) is 0 Å². The molecule has 0 saturated carbocycles. The molecule has 0 atom stereocenters. The molecule has 3 rings (SSSR count). The van der Waals surface area contributed by atoms with Crippen LogP contribution in [0.3, 0.4) is 0 Å². The van der Waals surface area contributed by atoms with E-state index in [0.717, 1.165) is 43.5 Å². The number of ether oxygens (including phenoxy) is 2. The number of hydrogen-bond donors (Lipinski definition) is 1. The maximum atomic E-state index is 5.78. The molecule has 1 aliphatic heterocycles. The summed E-state index contributed by atoms with van der Waals surface area (Å²) >= 11 is 0. The zero-order valence-electron chi connectivity index (χ0n) is 11.3. The zero-order valence-corrected chi connectivity index (χ0v) is 11.3. The van der Waals surface area contributed by atoms with Gasteiger partial charge in [-0.25, -0.2) is 0 Å². The molecule has 0 unspecified atom stereocenters. The molecule has 1 saturated heterocycles. The number of nitrogens with two attached hydrogens (primary N) is 1. The Hall–Kier alpha value is -2.20. The van der Waals surface area contributed by atoms with Crippen molar-refractivity contribution in [1.29, 1.82) is 0 Å². The molecule has 2 aromatic rings. The second-order valence-corrected chi connectivity index (χ2v) is 4.76. The molecule has 1 heterocycles. The first-order valence-corrected chi connectivity index (χ1v) is 6.77. The Bertz CT molecular complexity index is 546. The van der Waals surface area contributed by atoms with Crippen LogP contribution < -0.4 is 15.4 Å². The Labute approximate surface area is 118 Å². The van der Waals surface area contributed by atoms with Crippen molar-refractivity contribution in [3.05, 3.63) is 48.5 Å². The topological polar surface area (TPSA) is 47.7 Å². The quantitative estimate of drug-likeness (QED) is 0.871. The van der Waals surface area contributed by atoms with Gasteiger partial charge in [-0.3, -0.25) is 0 Å². The fraction of sp³-hybridized carbons (Fsp3) is 0.250. The number of morpholine rings is 1. The lowest BCUT2D eigenvalue weighted by molar-refractivity contribution is 0.122. The number of nitrogen functional groups attached to an aromatic ring is 1. The van der Waals surface area contributed by atoms with Gasteiger partial charge in [0.25, 0.3) is 0 Å². The molecule has 0 amide bonds. The predicted molar refractivity (Wildman–Crippen MR) is 80.4 cm³/mol. The van der Waals surface area contributed by atoms with Gasteiger partial charge in [0.05, 0.1) is 13.2 Å². The zero-order chi connectivity index (χ0) is 13.8. The van der Waals surface area contributed by atoms with E-state index in [-0.39, 0.29) is 0 Å². The molecule has 0 bridgehead atoms. The largest absolute Gasteiger partial charge is 0.457 e. The first-order chi connectivity index (χ1) is 9.81. The normalized spacial score (nSPS) is 15.1. The molecule has 2 aromatic carbocycles. The van der Waals surface area contributed by atoms with Crippen molar-refractivity contribution in [2.24, 2.45) is 0 Å². The van der Waals surface area contributed by atoms with Crippen molar-refractivity contribution < 1.29 is 9.47 Å². The third-order valence-electron chi connectivity index (χ3n) is 3.33. The fourth-order valence-corrected chi connectivity index (χ4v) is 2.22. The number of anilines is 2. The average molecular weight is 270 g/mol. The SMILES string of the molecule is Nc1ccc(Oc2ccc(N3CCOCC3)cc2)cc1. The number of benzene rings is 2. The molecular weight excluding hydrogens is 252 g/mol. The van der Waals surface area contributed by atoms with E-state index < -0.39 is 0 Å².